The van der Waals surface area contributed by atoms with Crippen LogP contribution in [-0.4, -0.2) is 211 Å². The highest BCUT2D eigenvalue weighted by molar-refractivity contribution is 4.40. The van der Waals surface area contributed by atoms with E-state index in [0.29, 0.717) is 211 Å². The van der Waals surface area contributed by atoms with Crippen molar-refractivity contribution in [2.24, 2.45) is 5.73 Å². The summed E-state index contributed by atoms with van der Waals surface area (Å²) in [5, 5.41) is 0. The molecule has 0 aromatic rings. The number of rotatable bonds is 47. The molecule has 50 heavy (non-hydrogen) atoms. The lowest BCUT2D eigenvalue weighted by atomic mass is 10.6. The van der Waals surface area contributed by atoms with Gasteiger partial charge in [0, 0.05) is 6.54 Å². The van der Waals surface area contributed by atoms with Crippen molar-refractivity contribution in [1.29, 1.82) is 0 Å². The molecule has 0 aliphatic heterocycles. The molecular formula is C33H68NO16+. The molecule has 0 fully saturated rings. The van der Waals surface area contributed by atoms with Gasteiger partial charge in [-0.15, -0.1) is 0 Å². The third-order valence-electron chi connectivity index (χ3n) is 5.84. The summed E-state index contributed by atoms with van der Waals surface area (Å²) < 4.78 is 86.0. The molecule has 0 heterocycles. The van der Waals surface area contributed by atoms with Gasteiger partial charge in [-0.05, 0) is 0 Å². The Labute approximate surface area is 300 Å². The highest BCUT2D eigenvalue weighted by Crippen LogP contribution is 1.88. The minimum absolute atomic E-state index is 0.481. The van der Waals surface area contributed by atoms with Crippen molar-refractivity contribution < 1.29 is 75.8 Å². The molecule has 0 aromatic carbocycles. The van der Waals surface area contributed by atoms with Crippen molar-refractivity contribution in [3.8, 4) is 0 Å². The van der Waals surface area contributed by atoms with E-state index in [2.05, 4.69) is 11.8 Å². The van der Waals surface area contributed by atoms with Crippen LogP contribution in [0.5, 0.6) is 0 Å². The molecule has 0 aliphatic rings. The minimum atomic E-state index is 0.481. The molecule has 0 bridgehead atoms. The molecule has 0 aromatic heterocycles. The van der Waals surface area contributed by atoms with Crippen LogP contribution in [0.1, 0.15) is 0 Å². The van der Waals surface area contributed by atoms with Crippen LogP contribution in [-0.2, 0) is 75.8 Å². The van der Waals surface area contributed by atoms with Crippen LogP contribution in [0, 0.1) is 7.11 Å². The number of ether oxygens (including phenoxy) is 16. The first-order valence-corrected chi connectivity index (χ1v) is 17.6. The fraction of sp³-hybridized carbons (Fsp3) is 0.970. The normalized spacial score (nSPS) is 11.6. The van der Waals surface area contributed by atoms with Gasteiger partial charge < -0.3 is 76.8 Å². The van der Waals surface area contributed by atoms with Crippen molar-refractivity contribution >= 4 is 0 Å². The zero-order valence-electron chi connectivity index (χ0n) is 30.4. The van der Waals surface area contributed by atoms with E-state index in [0.717, 1.165) is 0 Å². The monoisotopic (exact) mass is 734 g/mol. The Morgan fingerprint density at radius 2 is 0.320 bits per heavy atom. The summed E-state index contributed by atoms with van der Waals surface area (Å²) in [4.78, 5) is 0. The highest BCUT2D eigenvalue weighted by atomic mass is 16.6. The van der Waals surface area contributed by atoms with E-state index < -0.39 is 0 Å². The Hall–Kier alpha value is -0.810. The van der Waals surface area contributed by atoms with Gasteiger partial charge in [0.15, 0.2) is 0 Å². The highest BCUT2D eigenvalue weighted by Gasteiger charge is 1.97. The van der Waals surface area contributed by atoms with Crippen molar-refractivity contribution in [2.75, 3.05) is 211 Å². The van der Waals surface area contributed by atoms with Crippen molar-refractivity contribution in [2.45, 2.75) is 0 Å². The summed E-state index contributed by atoms with van der Waals surface area (Å²) in [5.41, 5.74) is 5.33. The van der Waals surface area contributed by atoms with Gasteiger partial charge in [-0.1, -0.05) is 0 Å². The van der Waals surface area contributed by atoms with E-state index in [9.17, 15) is 0 Å². The Morgan fingerprint density at radius 1 is 0.200 bits per heavy atom. The van der Waals surface area contributed by atoms with E-state index in [-0.39, 0.29) is 0 Å². The first-order chi connectivity index (χ1) is 24.9. The summed E-state index contributed by atoms with van der Waals surface area (Å²) in [5.74, 6) is 0. The van der Waals surface area contributed by atoms with Gasteiger partial charge in [-0.25, -0.2) is 0 Å². The van der Waals surface area contributed by atoms with Crippen molar-refractivity contribution in [3.63, 3.8) is 0 Å². The molecule has 0 saturated carbocycles. The lowest BCUT2D eigenvalue weighted by Crippen LogP contribution is -2.16. The van der Waals surface area contributed by atoms with Crippen LogP contribution < -0.4 is 5.73 Å². The summed E-state index contributed by atoms with van der Waals surface area (Å²) >= 11 is 0. The van der Waals surface area contributed by atoms with Gasteiger partial charge in [-0.2, -0.15) is 4.74 Å². The molecular weight excluding hydrogens is 666 g/mol. The first kappa shape index (κ1) is 49.2. The average Bonchev–Trinajstić information content (AvgIpc) is 3.13. The van der Waals surface area contributed by atoms with Gasteiger partial charge in [0.1, 0.15) is 6.61 Å². The Morgan fingerprint density at radius 3 is 0.440 bits per heavy atom. The van der Waals surface area contributed by atoms with Gasteiger partial charge in [-0.3, -0.25) is 0 Å². The molecule has 17 nitrogen and oxygen atoms in total. The van der Waals surface area contributed by atoms with E-state index >= 15 is 0 Å². The second-order valence-corrected chi connectivity index (χ2v) is 9.88. The molecule has 0 saturated heterocycles. The standard InChI is InChI=1S/C33H68NO16/c1-35-4-5-37-8-9-39-12-13-41-16-17-43-20-21-45-24-25-47-28-29-49-32-33-50-31-30-48-27-26-46-23-22-44-19-18-42-15-14-40-11-10-38-7-6-36-3-2-34/h1-34H2/q+1. The predicted octanol–water partition coefficient (Wildman–Crippen LogP) is 0.00229. The van der Waals surface area contributed by atoms with Crippen LogP contribution in [0.4, 0.5) is 0 Å². The van der Waals surface area contributed by atoms with E-state index in [1.54, 1.807) is 0 Å². The van der Waals surface area contributed by atoms with Gasteiger partial charge in [0.2, 0.25) is 7.11 Å². The quantitative estimate of drug-likeness (QED) is 0.0653. The summed E-state index contributed by atoms with van der Waals surface area (Å²) in [7, 11) is 3.27. The number of hydrogen-bond donors (Lipinski definition) is 1. The fourth-order valence-electron chi connectivity index (χ4n) is 3.38. The molecule has 0 spiro atoms. The van der Waals surface area contributed by atoms with Crippen LogP contribution >= 0.6 is 0 Å². The second kappa shape index (κ2) is 48.2. The molecule has 300 valence electrons. The van der Waals surface area contributed by atoms with E-state index in [1.165, 1.54) is 0 Å². The Bertz CT molecular complexity index is 540. The Balaban J connectivity index is 3.04. The molecule has 0 rings (SSSR count). The molecule has 0 amide bonds. The molecule has 0 radical (unpaired) electrons. The van der Waals surface area contributed by atoms with Gasteiger partial charge in [0.25, 0.3) is 0 Å². The zero-order chi connectivity index (χ0) is 35.9. The van der Waals surface area contributed by atoms with Crippen molar-refractivity contribution in [1.82, 2.24) is 0 Å². The summed E-state index contributed by atoms with van der Waals surface area (Å²) in [6.07, 6.45) is 0. The lowest BCUT2D eigenvalue weighted by molar-refractivity contribution is -0.0301. The average molecular weight is 735 g/mol. The smallest absolute Gasteiger partial charge is 0.213 e. The maximum atomic E-state index is 5.49. The molecule has 0 aliphatic carbocycles. The topological polar surface area (TPSA) is 174 Å². The van der Waals surface area contributed by atoms with Gasteiger partial charge in [0.05, 0.1) is 198 Å². The maximum absolute atomic E-state index is 5.49. The SMILES string of the molecule is [CH2+]OCCOCCOCCOCCOCCOCCOCCOCCOCCOCCOCCOCCOCCOCCOCCOCCN. The summed E-state index contributed by atoms with van der Waals surface area (Å²) in [6.45, 7) is 16.4. The van der Waals surface area contributed by atoms with Crippen molar-refractivity contribution in [3.05, 3.63) is 7.11 Å². The zero-order valence-corrected chi connectivity index (χ0v) is 30.4. The lowest BCUT2D eigenvalue weighted by Gasteiger charge is -2.09. The van der Waals surface area contributed by atoms with Crippen LogP contribution in [0.25, 0.3) is 0 Å². The molecule has 17 heteroatoms. The summed E-state index contributed by atoms with van der Waals surface area (Å²) in [6, 6.07) is 0. The fourth-order valence-corrected chi connectivity index (χ4v) is 3.38. The largest absolute Gasteiger partial charge is 0.378 e. The number of hydrogen-bond acceptors (Lipinski definition) is 17. The second-order valence-electron chi connectivity index (χ2n) is 9.88. The van der Waals surface area contributed by atoms with Crippen LogP contribution in [0.3, 0.4) is 0 Å². The third kappa shape index (κ3) is 47.2. The third-order valence-corrected chi connectivity index (χ3v) is 5.84. The maximum Gasteiger partial charge on any atom is 0.213 e. The van der Waals surface area contributed by atoms with Crippen LogP contribution in [0.2, 0.25) is 0 Å². The van der Waals surface area contributed by atoms with E-state index in [1.807, 2.05) is 0 Å². The molecule has 0 atom stereocenters. The molecule has 2 N–H and O–H groups in total. The minimum Gasteiger partial charge on any atom is -0.378 e. The Kier molecular flexibility index (Phi) is 47.4. The molecule has 0 unspecified atom stereocenters. The van der Waals surface area contributed by atoms with Gasteiger partial charge >= 0.3 is 0 Å². The first-order valence-electron chi connectivity index (χ1n) is 17.6. The van der Waals surface area contributed by atoms with E-state index in [4.69, 9.17) is 76.8 Å². The van der Waals surface area contributed by atoms with Crippen LogP contribution in [0.15, 0.2) is 0 Å². The number of nitrogens with two attached hydrogens (primary N) is 1. The predicted molar refractivity (Wildman–Crippen MR) is 183 cm³/mol.